The summed E-state index contributed by atoms with van der Waals surface area (Å²) >= 11 is 6.13. The number of hydrogen-bond acceptors (Lipinski definition) is 5. The quantitative estimate of drug-likeness (QED) is 0.835. The van der Waals surface area contributed by atoms with E-state index in [9.17, 15) is 8.42 Å². The Morgan fingerprint density at radius 1 is 1.32 bits per heavy atom. The first kappa shape index (κ1) is 18.9. The van der Waals surface area contributed by atoms with Crippen LogP contribution in [0.25, 0.3) is 0 Å². The van der Waals surface area contributed by atoms with Crippen LogP contribution in [0.2, 0.25) is 5.02 Å². The van der Waals surface area contributed by atoms with Gasteiger partial charge in [-0.3, -0.25) is 0 Å². The zero-order valence-corrected chi connectivity index (χ0v) is 16.2. The molecule has 8 heteroatoms. The average Bonchev–Trinajstić information content (AvgIpc) is 2.94. The average molecular weight is 389 g/mol. The minimum Gasteiger partial charge on any atom is -0.495 e. The third-order valence-corrected chi connectivity index (χ3v) is 7.61. The van der Waals surface area contributed by atoms with Crippen molar-refractivity contribution in [3.63, 3.8) is 0 Å². The summed E-state index contributed by atoms with van der Waals surface area (Å²) in [5.74, 6) is 0.678. The number of hydrogen-bond donors (Lipinski definition) is 1. The first-order chi connectivity index (χ1) is 11.9. The van der Waals surface area contributed by atoms with Gasteiger partial charge in [-0.25, -0.2) is 8.42 Å². The molecule has 2 heterocycles. The number of rotatable bonds is 5. The van der Waals surface area contributed by atoms with Gasteiger partial charge in [0.05, 0.1) is 23.6 Å². The van der Waals surface area contributed by atoms with Gasteiger partial charge in [-0.05, 0) is 49.5 Å². The lowest BCUT2D eigenvalue weighted by Crippen LogP contribution is -2.43. The van der Waals surface area contributed by atoms with E-state index in [1.165, 1.54) is 13.2 Å². The Balaban J connectivity index is 1.88. The van der Waals surface area contributed by atoms with Crippen LogP contribution in [0, 0.1) is 11.3 Å². The molecule has 2 saturated heterocycles. The molecule has 2 fully saturated rings. The molecule has 1 spiro atoms. The second-order valence-corrected chi connectivity index (χ2v) is 9.20. The van der Waals surface area contributed by atoms with Crippen LogP contribution in [0.15, 0.2) is 23.1 Å². The van der Waals surface area contributed by atoms with Crippen molar-refractivity contribution in [2.75, 3.05) is 47.0 Å². The molecule has 0 aromatic heterocycles. The Morgan fingerprint density at radius 3 is 2.64 bits per heavy atom. The number of benzene rings is 1. The highest BCUT2D eigenvalue weighted by Gasteiger charge is 2.50. The number of sulfonamides is 1. The molecule has 6 nitrogen and oxygen atoms in total. The Bertz CT molecular complexity index is 719. The highest BCUT2D eigenvalue weighted by molar-refractivity contribution is 7.89. The van der Waals surface area contributed by atoms with Gasteiger partial charge in [0, 0.05) is 26.1 Å². The Morgan fingerprint density at radius 2 is 2.04 bits per heavy atom. The SMILES string of the molecule is COCC1CN(S(=O)(=O)c2ccc(OC)c(Cl)c2)CC12CCNCC2. The molecular formula is C17H25ClN2O4S. The largest absolute Gasteiger partial charge is 0.495 e. The summed E-state index contributed by atoms with van der Waals surface area (Å²) in [5, 5.41) is 3.66. The summed E-state index contributed by atoms with van der Waals surface area (Å²) in [4.78, 5) is 0.209. The maximum atomic E-state index is 13.1. The zero-order valence-electron chi connectivity index (χ0n) is 14.6. The maximum absolute atomic E-state index is 13.1. The van der Waals surface area contributed by atoms with E-state index in [4.69, 9.17) is 21.1 Å². The van der Waals surface area contributed by atoms with Crippen LogP contribution in [0.5, 0.6) is 5.75 Å². The second kappa shape index (κ2) is 7.40. The fourth-order valence-corrected chi connectivity index (χ4v) is 5.98. The third kappa shape index (κ3) is 3.53. The zero-order chi connectivity index (χ0) is 18.1. The Labute approximate surface area is 154 Å². The van der Waals surface area contributed by atoms with Gasteiger partial charge in [-0.2, -0.15) is 4.31 Å². The van der Waals surface area contributed by atoms with Crippen molar-refractivity contribution in [3.8, 4) is 5.75 Å². The van der Waals surface area contributed by atoms with Crippen LogP contribution in [0.1, 0.15) is 12.8 Å². The highest BCUT2D eigenvalue weighted by atomic mass is 35.5. The number of halogens is 1. The van der Waals surface area contributed by atoms with Crippen LogP contribution in [-0.2, 0) is 14.8 Å². The van der Waals surface area contributed by atoms with Gasteiger partial charge in [0.1, 0.15) is 5.75 Å². The molecule has 0 saturated carbocycles. The lowest BCUT2D eigenvalue weighted by Gasteiger charge is -2.38. The normalized spacial score (nSPS) is 23.9. The van der Waals surface area contributed by atoms with Gasteiger partial charge in [0.25, 0.3) is 0 Å². The third-order valence-electron chi connectivity index (χ3n) is 5.51. The molecular weight excluding hydrogens is 364 g/mol. The lowest BCUT2D eigenvalue weighted by atomic mass is 9.71. The highest BCUT2D eigenvalue weighted by Crippen LogP contribution is 2.45. The van der Waals surface area contributed by atoms with Crippen LogP contribution in [0.3, 0.4) is 0 Å². The Kier molecular flexibility index (Phi) is 5.60. The van der Waals surface area contributed by atoms with Crippen molar-refractivity contribution < 1.29 is 17.9 Å². The molecule has 0 aliphatic carbocycles. The monoisotopic (exact) mass is 388 g/mol. The van der Waals surface area contributed by atoms with Crippen LogP contribution < -0.4 is 10.1 Å². The van der Waals surface area contributed by atoms with E-state index in [0.29, 0.717) is 30.5 Å². The molecule has 1 aromatic carbocycles. The predicted molar refractivity (Wildman–Crippen MR) is 96.7 cm³/mol. The summed E-state index contributed by atoms with van der Waals surface area (Å²) in [6.45, 7) is 3.44. The molecule has 1 atom stereocenters. The minimum absolute atomic E-state index is 0.00933. The van der Waals surface area contributed by atoms with E-state index >= 15 is 0 Å². The van der Waals surface area contributed by atoms with Crippen molar-refractivity contribution in [3.05, 3.63) is 23.2 Å². The summed E-state index contributed by atoms with van der Waals surface area (Å²) in [6.07, 6.45) is 1.94. The molecule has 25 heavy (non-hydrogen) atoms. The van der Waals surface area contributed by atoms with Crippen LogP contribution in [0.4, 0.5) is 0 Å². The number of methoxy groups -OCH3 is 2. The summed E-state index contributed by atoms with van der Waals surface area (Å²) in [6, 6.07) is 4.62. The van der Waals surface area contributed by atoms with E-state index < -0.39 is 10.0 Å². The smallest absolute Gasteiger partial charge is 0.243 e. The fraction of sp³-hybridized carbons (Fsp3) is 0.647. The number of nitrogens with zero attached hydrogens (tertiary/aromatic N) is 1. The molecule has 0 bridgehead atoms. The molecule has 1 unspecified atom stereocenters. The van der Waals surface area contributed by atoms with Gasteiger partial charge in [-0.15, -0.1) is 0 Å². The molecule has 1 N–H and O–H groups in total. The lowest BCUT2D eigenvalue weighted by molar-refractivity contribution is 0.0718. The maximum Gasteiger partial charge on any atom is 0.243 e. The van der Waals surface area contributed by atoms with E-state index in [1.807, 2.05) is 0 Å². The molecule has 2 aliphatic rings. The molecule has 140 valence electrons. The molecule has 0 radical (unpaired) electrons. The fourth-order valence-electron chi connectivity index (χ4n) is 4.05. The standard InChI is InChI=1S/C17H25ClN2O4S/c1-23-11-13-10-20(12-17(13)5-7-19-8-6-17)25(21,22)14-3-4-16(24-2)15(18)9-14/h3-4,9,13,19H,5-8,10-12H2,1-2H3. The van der Waals surface area contributed by atoms with Gasteiger partial charge >= 0.3 is 0 Å². The second-order valence-electron chi connectivity index (χ2n) is 6.86. The first-order valence-electron chi connectivity index (χ1n) is 8.46. The molecule has 3 rings (SSSR count). The summed E-state index contributed by atoms with van der Waals surface area (Å²) in [5.41, 5.74) is -0.00933. The molecule has 0 amide bonds. The van der Waals surface area contributed by atoms with Gasteiger partial charge < -0.3 is 14.8 Å². The van der Waals surface area contributed by atoms with Crippen LogP contribution >= 0.6 is 11.6 Å². The van der Waals surface area contributed by atoms with Crippen molar-refractivity contribution in [2.24, 2.45) is 11.3 Å². The minimum atomic E-state index is -3.60. The van der Waals surface area contributed by atoms with Gasteiger partial charge in [-0.1, -0.05) is 11.6 Å². The Hall–Kier alpha value is -0.860. The number of piperidine rings is 1. The van der Waals surface area contributed by atoms with Crippen molar-refractivity contribution in [1.29, 1.82) is 0 Å². The van der Waals surface area contributed by atoms with E-state index in [2.05, 4.69) is 5.32 Å². The van der Waals surface area contributed by atoms with Crippen LogP contribution in [-0.4, -0.2) is 59.7 Å². The number of nitrogens with one attached hydrogen (secondary N) is 1. The topological polar surface area (TPSA) is 67.9 Å². The van der Waals surface area contributed by atoms with E-state index in [-0.39, 0.29) is 16.2 Å². The van der Waals surface area contributed by atoms with Crippen molar-refractivity contribution in [2.45, 2.75) is 17.7 Å². The molecule has 2 aliphatic heterocycles. The summed E-state index contributed by atoms with van der Waals surface area (Å²) in [7, 11) is -0.414. The first-order valence-corrected chi connectivity index (χ1v) is 10.3. The molecule has 1 aromatic rings. The van der Waals surface area contributed by atoms with E-state index in [1.54, 1.807) is 23.5 Å². The number of ether oxygens (including phenoxy) is 2. The predicted octanol–water partition coefficient (Wildman–Crippen LogP) is 1.99. The van der Waals surface area contributed by atoms with Gasteiger partial charge in [0.2, 0.25) is 10.0 Å². The van der Waals surface area contributed by atoms with Crippen molar-refractivity contribution >= 4 is 21.6 Å². The van der Waals surface area contributed by atoms with Crippen molar-refractivity contribution in [1.82, 2.24) is 9.62 Å². The summed E-state index contributed by atoms with van der Waals surface area (Å²) < 4.78 is 38.4. The van der Waals surface area contributed by atoms with Gasteiger partial charge in [0.15, 0.2) is 0 Å². The van der Waals surface area contributed by atoms with E-state index in [0.717, 1.165) is 25.9 Å².